The van der Waals surface area contributed by atoms with Crippen molar-refractivity contribution in [2.45, 2.75) is 58.2 Å². The molecule has 0 bridgehead atoms. The van der Waals surface area contributed by atoms with E-state index in [1.54, 1.807) is 18.0 Å². The summed E-state index contributed by atoms with van der Waals surface area (Å²) in [6.07, 6.45) is 6.34. The van der Waals surface area contributed by atoms with Crippen molar-refractivity contribution < 1.29 is 14.2 Å². The van der Waals surface area contributed by atoms with E-state index in [0.717, 1.165) is 24.2 Å². The lowest BCUT2D eigenvalue weighted by Gasteiger charge is -2.43. The summed E-state index contributed by atoms with van der Waals surface area (Å²) < 4.78 is 6.67. The molecule has 3 aromatic rings. The lowest BCUT2D eigenvalue weighted by atomic mass is 9.87. The summed E-state index contributed by atoms with van der Waals surface area (Å²) in [6, 6.07) is 9.89. The summed E-state index contributed by atoms with van der Waals surface area (Å²) in [5.41, 5.74) is 1.34. The monoisotopic (exact) mass is 436 g/mol. The minimum absolute atomic E-state index is 0.0330. The first-order valence-electron chi connectivity index (χ1n) is 10.9. The summed E-state index contributed by atoms with van der Waals surface area (Å²) in [5, 5.41) is 10.5. The number of likely N-dealkylation sites (tertiary alicyclic amines) is 1. The smallest absolute Gasteiger partial charge is 0.246 e. The molecule has 1 aliphatic heterocycles. The van der Waals surface area contributed by atoms with Gasteiger partial charge in [-0.3, -0.25) is 9.59 Å². The molecule has 1 aromatic carbocycles. The van der Waals surface area contributed by atoms with Gasteiger partial charge in [0.15, 0.2) is 0 Å². The van der Waals surface area contributed by atoms with Gasteiger partial charge in [0, 0.05) is 37.5 Å². The molecule has 2 aromatic heterocycles. The van der Waals surface area contributed by atoms with Crippen LogP contribution < -0.4 is 5.32 Å². The van der Waals surface area contributed by atoms with Crippen molar-refractivity contribution in [2.24, 2.45) is 0 Å². The first-order chi connectivity index (χ1) is 15.5. The van der Waals surface area contributed by atoms with Crippen LogP contribution in [0.1, 0.15) is 44.0 Å². The molecule has 3 heterocycles. The molecule has 1 N–H and O–H groups in total. The van der Waals surface area contributed by atoms with Crippen molar-refractivity contribution >= 4 is 11.8 Å². The Morgan fingerprint density at radius 3 is 2.75 bits per heavy atom. The molecule has 1 saturated heterocycles. The SMILES string of the molecule is Cc1nonc1CNC(=O)C1(C)CCCCN1C(=O)CCn1ccnc1-c1ccccc1. The fourth-order valence-electron chi connectivity index (χ4n) is 4.21. The van der Waals surface area contributed by atoms with Crippen molar-refractivity contribution in [3.63, 3.8) is 0 Å². The number of rotatable bonds is 7. The number of carbonyl (C=O) groups is 2. The molecule has 32 heavy (non-hydrogen) atoms. The van der Waals surface area contributed by atoms with E-state index in [2.05, 4.69) is 20.6 Å². The van der Waals surface area contributed by atoms with Crippen molar-refractivity contribution in [3.8, 4) is 11.4 Å². The van der Waals surface area contributed by atoms with Crippen LogP contribution in [0, 0.1) is 6.92 Å². The maximum absolute atomic E-state index is 13.2. The van der Waals surface area contributed by atoms with Crippen molar-refractivity contribution in [3.05, 3.63) is 54.1 Å². The number of nitrogens with zero attached hydrogens (tertiary/aromatic N) is 5. The Balaban J connectivity index is 1.42. The normalized spacial score (nSPS) is 18.5. The van der Waals surface area contributed by atoms with Crippen molar-refractivity contribution in [1.29, 1.82) is 0 Å². The van der Waals surface area contributed by atoms with Crippen LogP contribution in [0.3, 0.4) is 0 Å². The quantitative estimate of drug-likeness (QED) is 0.610. The Kier molecular flexibility index (Phi) is 6.34. The third kappa shape index (κ3) is 4.42. The van der Waals surface area contributed by atoms with Crippen LogP contribution in [0.5, 0.6) is 0 Å². The predicted molar refractivity (Wildman–Crippen MR) is 117 cm³/mol. The van der Waals surface area contributed by atoms with Crippen LogP contribution in [0.2, 0.25) is 0 Å². The van der Waals surface area contributed by atoms with Gasteiger partial charge in [0.05, 0.1) is 6.54 Å². The zero-order chi connectivity index (χ0) is 22.6. The molecule has 2 amide bonds. The van der Waals surface area contributed by atoms with E-state index in [4.69, 9.17) is 4.63 Å². The van der Waals surface area contributed by atoms with E-state index in [-0.39, 0.29) is 18.4 Å². The molecule has 1 fully saturated rings. The number of aromatic nitrogens is 4. The standard InChI is InChI=1S/C23H28N6O3/c1-17-19(27-32-26-17)16-25-22(31)23(2)11-6-7-13-29(23)20(30)10-14-28-15-12-24-21(28)18-8-4-3-5-9-18/h3-5,8-9,12,15H,6-7,10-11,13-14,16H2,1-2H3,(H,25,31). The van der Waals surface area contributed by atoms with E-state index in [9.17, 15) is 9.59 Å². The molecule has 0 saturated carbocycles. The van der Waals surface area contributed by atoms with Crippen molar-refractivity contribution in [1.82, 2.24) is 30.1 Å². The fourth-order valence-corrected chi connectivity index (χ4v) is 4.21. The van der Waals surface area contributed by atoms with Gasteiger partial charge in [-0.1, -0.05) is 40.6 Å². The zero-order valence-electron chi connectivity index (χ0n) is 18.5. The van der Waals surface area contributed by atoms with Crippen LogP contribution in [0.4, 0.5) is 0 Å². The number of benzene rings is 1. The summed E-state index contributed by atoms with van der Waals surface area (Å²) in [4.78, 5) is 32.5. The fraction of sp³-hybridized carbons (Fsp3) is 0.435. The summed E-state index contributed by atoms with van der Waals surface area (Å²) >= 11 is 0. The Morgan fingerprint density at radius 1 is 1.19 bits per heavy atom. The first-order valence-corrected chi connectivity index (χ1v) is 10.9. The van der Waals surface area contributed by atoms with E-state index >= 15 is 0 Å². The van der Waals surface area contributed by atoms with Gasteiger partial charge in [0.25, 0.3) is 0 Å². The highest BCUT2D eigenvalue weighted by Gasteiger charge is 2.43. The van der Waals surface area contributed by atoms with Gasteiger partial charge in [0.1, 0.15) is 22.8 Å². The van der Waals surface area contributed by atoms with Crippen LogP contribution in [0.25, 0.3) is 11.4 Å². The number of nitrogens with one attached hydrogen (secondary N) is 1. The molecule has 0 spiro atoms. The maximum Gasteiger partial charge on any atom is 0.246 e. The molecule has 9 heteroatoms. The van der Waals surface area contributed by atoms with Gasteiger partial charge >= 0.3 is 0 Å². The van der Waals surface area contributed by atoms with Gasteiger partial charge in [-0.05, 0) is 33.1 Å². The third-order valence-corrected chi connectivity index (χ3v) is 6.16. The summed E-state index contributed by atoms with van der Waals surface area (Å²) in [7, 11) is 0. The molecule has 1 unspecified atom stereocenters. The van der Waals surface area contributed by atoms with E-state index < -0.39 is 5.54 Å². The van der Waals surface area contributed by atoms with Gasteiger partial charge in [-0.2, -0.15) is 0 Å². The van der Waals surface area contributed by atoms with Gasteiger partial charge in [-0.15, -0.1) is 0 Å². The highest BCUT2D eigenvalue weighted by atomic mass is 16.6. The minimum atomic E-state index is -0.891. The first kappa shape index (κ1) is 21.7. The minimum Gasteiger partial charge on any atom is -0.348 e. The topological polar surface area (TPSA) is 106 Å². The van der Waals surface area contributed by atoms with E-state index in [0.29, 0.717) is 37.3 Å². The van der Waals surface area contributed by atoms with Crippen LogP contribution >= 0.6 is 0 Å². The molecule has 168 valence electrons. The maximum atomic E-state index is 13.2. The van der Waals surface area contributed by atoms with Gasteiger partial charge in [0.2, 0.25) is 11.8 Å². The lowest BCUT2D eigenvalue weighted by Crippen LogP contribution is -2.60. The highest BCUT2D eigenvalue weighted by Crippen LogP contribution is 2.29. The molecular formula is C23H28N6O3. The average Bonchev–Trinajstić information content (AvgIpc) is 3.45. The number of hydrogen-bond donors (Lipinski definition) is 1. The molecule has 4 rings (SSSR count). The van der Waals surface area contributed by atoms with Crippen LogP contribution in [-0.2, 0) is 22.7 Å². The van der Waals surface area contributed by atoms with Crippen LogP contribution in [-0.4, -0.2) is 48.7 Å². The molecular weight excluding hydrogens is 408 g/mol. The van der Waals surface area contributed by atoms with E-state index in [1.807, 2.05) is 48.0 Å². The second-order valence-electron chi connectivity index (χ2n) is 8.32. The Morgan fingerprint density at radius 2 is 2.00 bits per heavy atom. The average molecular weight is 437 g/mol. The number of aryl methyl sites for hydroxylation is 2. The van der Waals surface area contributed by atoms with E-state index in [1.165, 1.54) is 0 Å². The third-order valence-electron chi connectivity index (χ3n) is 6.16. The van der Waals surface area contributed by atoms with Crippen LogP contribution in [0.15, 0.2) is 47.4 Å². The number of piperidine rings is 1. The predicted octanol–water partition coefficient (Wildman–Crippen LogP) is 2.72. The number of imidazole rings is 1. The molecule has 9 nitrogen and oxygen atoms in total. The number of amides is 2. The number of carbonyl (C=O) groups excluding carboxylic acids is 2. The lowest BCUT2D eigenvalue weighted by molar-refractivity contribution is -0.150. The zero-order valence-corrected chi connectivity index (χ0v) is 18.5. The second-order valence-corrected chi connectivity index (χ2v) is 8.32. The Labute approximate surface area is 186 Å². The Bertz CT molecular complexity index is 1080. The largest absolute Gasteiger partial charge is 0.348 e. The van der Waals surface area contributed by atoms with Crippen molar-refractivity contribution in [2.75, 3.05) is 6.54 Å². The highest BCUT2D eigenvalue weighted by molar-refractivity contribution is 5.91. The van der Waals surface area contributed by atoms with Gasteiger partial charge < -0.3 is 14.8 Å². The molecule has 0 aliphatic carbocycles. The molecule has 0 radical (unpaired) electrons. The molecule has 1 aliphatic rings. The molecule has 1 atom stereocenters. The van der Waals surface area contributed by atoms with Gasteiger partial charge in [-0.25, -0.2) is 9.61 Å². The Hall–Kier alpha value is -3.49. The summed E-state index contributed by atoms with van der Waals surface area (Å²) in [6.45, 7) is 4.92. The second kappa shape index (κ2) is 9.33. The number of hydrogen-bond acceptors (Lipinski definition) is 6. The summed E-state index contributed by atoms with van der Waals surface area (Å²) in [5.74, 6) is 0.615.